The molecule has 0 saturated carbocycles. The van der Waals surface area contributed by atoms with Crippen LogP contribution >= 0.6 is 23.2 Å². The molecule has 0 unspecified atom stereocenters. The van der Waals surface area contributed by atoms with Gasteiger partial charge in [-0.25, -0.2) is 0 Å². The number of carbonyl (C=O) groups is 1. The number of nitrogens with one attached hydrogen (secondary N) is 1. The van der Waals surface area contributed by atoms with Gasteiger partial charge in [0.2, 0.25) is 0 Å². The van der Waals surface area contributed by atoms with Crippen molar-refractivity contribution >= 4 is 40.5 Å². The molecule has 0 saturated heterocycles. The summed E-state index contributed by atoms with van der Waals surface area (Å²) >= 11 is 12.4. The second kappa shape index (κ2) is 6.63. The van der Waals surface area contributed by atoms with Crippen molar-refractivity contribution in [2.24, 2.45) is 0 Å². The Morgan fingerprint density at radius 1 is 1.08 bits per heavy atom. The van der Waals surface area contributed by atoms with E-state index < -0.39 is 6.17 Å². The number of pyridine rings is 1. The lowest BCUT2D eigenvalue weighted by Crippen LogP contribution is -2.32. The normalized spacial score (nSPS) is 15.9. The van der Waals surface area contributed by atoms with Crippen LogP contribution in [0.15, 0.2) is 60.8 Å². The summed E-state index contributed by atoms with van der Waals surface area (Å²) in [5.74, 6) is -0.104. The number of benzene rings is 2. The molecule has 26 heavy (non-hydrogen) atoms. The standard InChI is InChI=1S/C20H15Cl2N3O/c1-12-4-7-14(8-5-12)25-19(18-15(20(25)26)3-2-10-23-18)24-17-11-13(21)6-9-16(17)22/h2-11,19,24H,1H3/t19-/m0/s1. The van der Waals surface area contributed by atoms with E-state index in [9.17, 15) is 4.79 Å². The fraction of sp³-hybridized carbons (Fsp3) is 0.100. The first kappa shape index (κ1) is 16.9. The molecule has 0 spiro atoms. The smallest absolute Gasteiger partial charge is 0.262 e. The minimum absolute atomic E-state index is 0.104. The van der Waals surface area contributed by atoms with E-state index in [1.165, 1.54) is 0 Å². The van der Waals surface area contributed by atoms with Crippen LogP contribution < -0.4 is 10.2 Å². The van der Waals surface area contributed by atoms with E-state index in [-0.39, 0.29) is 5.91 Å². The van der Waals surface area contributed by atoms with Crippen molar-refractivity contribution in [3.8, 4) is 0 Å². The van der Waals surface area contributed by atoms with Gasteiger partial charge in [-0.2, -0.15) is 0 Å². The second-order valence-corrected chi connectivity index (χ2v) is 6.96. The van der Waals surface area contributed by atoms with E-state index in [2.05, 4.69) is 10.3 Å². The lowest BCUT2D eigenvalue weighted by Gasteiger charge is -2.27. The Labute approximate surface area is 161 Å². The Balaban J connectivity index is 1.80. The first-order valence-electron chi connectivity index (χ1n) is 8.11. The van der Waals surface area contributed by atoms with E-state index in [4.69, 9.17) is 23.2 Å². The molecule has 1 aromatic heterocycles. The Bertz CT molecular complexity index is 989. The lowest BCUT2D eigenvalue weighted by molar-refractivity contribution is 0.0993. The summed E-state index contributed by atoms with van der Waals surface area (Å²) < 4.78 is 0. The van der Waals surface area contributed by atoms with Gasteiger partial charge >= 0.3 is 0 Å². The summed E-state index contributed by atoms with van der Waals surface area (Å²) in [6.45, 7) is 2.01. The molecule has 2 heterocycles. The van der Waals surface area contributed by atoms with Crippen LogP contribution in [-0.2, 0) is 0 Å². The molecule has 1 N–H and O–H groups in total. The molecule has 1 aliphatic rings. The van der Waals surface area contributed by atoms with E-state index >= 15 is 0 Å². The number of fused-ring (bicyclic) bond motifs is 1. The molecule has 6 heteroatoms. The van der Waals surface area contributed by atoms with Crippen LogP contribution in [0.2, 0.25) is 10.0 Å². The van der Waals surface area contributed by atoms with E-state index in [0.717, 1.165) is 11.3 Å². The zero-order chi connectivity index (χ0) is 18.3. The lowest BCUT2D eigenvalue weighted by atomic mass is 10.2. The molecule has 1 atom stereocenters. The van der Waals surface area contributed by atoms with Crippen molar-refractivity contribution in [2.75, 3.05) is 10.2 Å². The number of hydrogen-bond donors (Lipinski definition) is 1. The van der Waals surface area contributed by atoms with Gasteiger partial charge in [-0.05, 0) is 49.4 Å². The van der Waals surface area contributed by atoms with Crippen molar-refractivity contribution in [3.05, 3.63) is 87.7 Å². The Kier molecular flexibility index (Phi) is 4.31. The van der Waals surface area contributed by atoms with Gasteiger partial charge in [0.1, 0.15) is 0 Å². The van der Waals surface area contributed by atoms with Crippen LogP contribution in [0.3, 0.4) is 0 Å². The van der Waals surface area contributed by atoms with Gasteiger partial charge in [-0.3, -0.25) is 14.7 Å². The minimum Gasteiger partial charge on any atom is -0.359 e. The van der Waals surface area contributed by atoms with Gasteiger partial charge in [-0.15, -0.1) is 0 Å². The second-order valence-electron chi connectivity index (χ2n) is 6.12. The summed E-state index contributed by atoms with van der Waals surface area (Å²) in [7, 11) is 0. The maximum Gasteiger partial charge on any atom is 0.262 e. The Hall–Kier alpha value is -2.56. The molecule has 4 rings (SSSR count). The predicted molar refractivity (Wildman–Crippen MR) is 105 cm³/mol. The molecule has 0 aliphatic carbocycles. The first-order chi connectivity index (χ1) is 12.5. The highest BCUT2D eigenvalue weighted by molar-refractivity contribution is 6.35. The number of hydrogen-bond acceptors (Lipinski definition) is 3. The van der Waals surface area contributed by atoms with Crippen LogP contribution in [0.4, 0.5) is 11.4 Å². The molecule has 0 radical (unpaired) electrons. The highest BCUT2D eigenvalue weighted by atomic mass is 35.5. The van der Waals surface area contributed by atoms with Crippen LogP contribution in [0.5, 0.6) is 0 Å². The van der Waals surface area contributed by atoms with Crippen LogP contribution in [-0.4, -0.2) is 10.9 Å². The third-order valence-corrected chi connectivity index (χ3v) is 4.90. The topological polar surface area (TPSA) is 45.2 Å². The van der Waals surface area contributed by atoms with Gasteiger partial charge in [-0.1, -0.05) is 40.9 Å². The number of anilines is 2. The van der Waals surface area contributed by atoms with Gasteiger partial charge in [0.25, 0.3) is 5.91 Å². The van der Waals surface area contributed by atoms with Crippen molar-refractivity contribution in [1.82, 2.24) is 4.98 Å². The summed E-state index contributed by atoms with van der Waals surface area (Å²) in [5.41, 5.74) is 3.79. The molecule has 130 valence electrons. The van der Waals surface area contributed by atoms with Gasteiger partial charge in [0.15, 0.2) is 6.17 Å². The molecule has 1 amide bonds. The molecule has 0 bridgehead atoms. The van der Waals surface area contributed by atoms with Crippen molar-refractivity contribution < 1.29 is 4.79 Å². The monoisotopic (exact) mass is 383 g/mol. The average molecular weight is 384 g/mol. The van der Waals surface area contributed by atoms with Crippen molar-refractivity contribution in [3.63, 3.8) is 0 Å². The number of nitrogens with zero attached hydrogens (tertiary/aromatic N) is 2. The molecule has 4 nitrogen and oxygen atoms in total. The third-order valence-electron chi connectivity index (χ3n) is 4.34. The van der Waals surface area contributed by atoms with Crippen LogP contribution in [0, 0.1) is 6.92 Å². The number of rotatable bonds is 3. The summed E-state index contributed by atoms with van der Waals surface area (Å²) in [6.07, 6.45) is 1.20. The largest absolute Gasteiger partial charge is 0.359 e. The Morgan fingerprint density at radius 3 is 2.62 bits per heavy atom. The minimum atomic E-state index is -0.475. The fourth-order valence-electron chi connectivity index (χ4n) is 3.05. The van der Waals surface area contributed by atoms with Gasteiger partial charge < -0.3 is 5.32 Å². The number of aromatic nitrogens is 1. The fourth-order valence-corrected chi connectivity index (χ4v) is 3.39. The van der Waals surface area contributed by atoms with E-state index in [1.54, 1.807) is 41.4 Å². The maximum atomic E-state index is 13.0. The highest BCUT2D eigenvalue weighted by Gasteiger charge is 2.39. The quantitative estimate of drug-likeness (QED) is 0.652. The van der Waals surface area contributed by atoms with Crippen molar-refractivity contribution in [1.29, 1.82) is 0 Å². The SMILES string of the molecule is Cc1ccc(N2C(=O)c3cccnc3[C@H]2Nc2cc(Cl)ccc2Cl)cc1. The Morgan fingerprint density at radius 2 is 1.85 bits per heavy atom. The molecular weight excluding hydrogens is 369 g/mol. The average Bonchev–Trinajstić information content (AvgIpc) is 2.92. The summed E-state index contributed by atoms with van der Waals surface area (Å²) in [5, 5.41) is 4.41. The molecule has 3 aromatic rings. The van der Waals surface area contributed by atoms with Crippen LogP contribution in [0.1, 0.15) is 27.8 Å². The number of aryl methyl sites for hydroxylation is 1. The molecule has 0 fully saturated rings. The van der Waals surface area contributed by atoms with Crippen LogP contribution in [0.25, 0.3) is 0 Å². The van der Waals surface area contributed by atoms with Crippen molar-refractivity contribution in [2.45, 2.75) is 13.1 Å². The summed E-state index contributed by atoms with van der Waals surface area (Å²) in [6, 6.07) is 16.5. The zero-order valence-electron chi connectivity index (χ0n) is 13.9. The van der Waals surface area contributed by atoms with E-state index in [0.29, 0.717) is 27.0 Å². The van der Waals surface area contributed by atoms with Gasteiger partial charge in [0.05, 0.1) is 22.0 Å². The number of halogens is 2. The highest BCUT2D eigenvalue weighted by Crippen LogP contribution is 2.38. The zero-order valence-corrected chi connectivity index (χ0v) is 15.4. The number of carbonyl (C=O) groups excluding carboxylic acids is 1. The maximum absolute atomic E-state index is 13.0. The first-order valence-corrected chi connectivity index (χ1v) is 8.87. The van der Waals surface area contributed by atoms with Gasteiger partial charge in [0, 0.05) is 16.9 Å². The molecule has 1 aliphatic heterocycles. The third kappa shape index (κ3) is 2.91. The molecule has 2 aromatic carbocycles. The van der Waals surface area contributed by atoms with E-state index in [1.807, 2.05) is 31.2 Å². The summed E-state index contributed by atoms with van der Waals surface area (Å²) in [4.78, 5) is 19.1. The number of amides is 1. The molecular formula is C20H15Cl2N3O. The predicted octanol–water partition coefficient (Wildman–Crippen LogP) is 5.47.